The van der Waals surface area contributed by atoms with Crippen LogP contribution in [-0.4, -0.2) is 18.4 Å². The van der Waals surface area contributed by atoms with Gasteiger partial charge < -0.3 is 4.74 Å². The van der Waals surface area contributed by atoms with Crippen molar-refractivity contribution in [2.45, 2.75) is 11.8 Å². The molecule has 144 valence electrons. The van der Waals surface area contributed by atoms with E-state index in [0.29, 0.717) is 21.8 Å². The Morgan fingerprint density at radius 2 is 1.62 bits per heavy atom. The van der Waals surface area contributed by atoms with Gasteiger partial charge in [-0.2, -0.15) is 0 Å². The molecule has 1 aromatic heterocycles. The molecule has 0 radical (unpaired) electrons. The number of sulfonamides is 1. The van der Waals surface area contributed by atoms with Crippen molar-refractivity contribution in [3.05, 3.63) is 77.3 Å². The summed E-state index contributed by atoms with van der Waals surface area (Å²) in [6.07, 6.45) is 0. The van der Waals surface area contributed by atoms with E-state index in [1.54, 1.807) is 54.6 Å². The van der Waals surface area contributed by atoms with Gasteiger partial charge in [-0.3, -0.25) is 0 Å². The van der Waals surface area contributed by atoms with Crippen LogP contribution in [0.4, 0.5) is 11.5 Å². The summed E-state index contributed by atoms with van der Waals surface area (Å²) < 4.78 is 34.3. The molecule has 6 nitrogen and oxygen atoms in total. The van der Waals surface area contributed by atoms with Crippen molar-refractivity contribution in [1.29, 1.82) is 0 Å². The lowest BCUT2D eigenvalue weighted by atomic mass is 10.2. The molecule has 0 aliphatic carbocycles. The van der Waals surface area contributed by atoms with E-state index in [2.05, 4.69) is 9.97 Å². The monoisotopic (exact) mass is 423 g/mol. The molecule has 0 atom stereocenters. The molecule has 0 amide bonds. The molecule has 2 heterocycles. The predicted octanol–water partition coefficient (Wildman–Crippen LogP) is 5.22. The Morgan fingerprint density at radius 1 is 0.931 bits per heavy atom. The van der Waals surface area contributed by atoms with E-state index in [-0.39, 0.29) is 22.3 Å². The fourth-order valence-corrected chi connectivity index (χ4v) is 4.79. The lowest BCUT2D eigenvalue weighted by Crippen LogP contribution is -2.30. The van der Waals surface area contributed by atoms with Crippen LogP contribution in [0.3, 0.4) is 0 Å². The number of para-hydroxylation sites is 2. The zero-order valence-corrected chi connectivity index (χ0v) is 16.8. The molecule has 0 saturated heterocycles. The molecule has 5 rings (SSSR count). The molecule has 0 saturated carbocycles. The fraction of sp³-hybridized carbons (Fsp3) is 0.0476. The molecule has 3 aromatic carbocycles. The van der Waals surface area contributed by atoms with Gasteiger partial charge in [0.1, 0.15) is 5.69 Å². The number of anilines is 2. The Labute approximate surface area is 172 Å². The van der Waals surface area contributed by atoms with Crippen molar-refractivity contribution in [2.24, 2.45) is 0 Å². The maximum absolute atomic E-state index is 13.6. The predicted molar refractivity (Wildman–Crippen MR) is 112 cm³/mol. The molecule has 8 heteroatoms. The largest absolute Gasteiger partial charge is 0.434 e. The minimum atomic E-state index is -4.00. The van der Waals surface area contributed by atoms with E-state index >= 15 is 0 Å². The second kappa shape index (κ2) is 6.43. The molecule has 4 aromatic rings. The first-order chi connectivity index (χ1) is 13.9. The van der Waals surface area contributed by atoms with Gasteiger partial charge in [0.25, 0.3) is 15.9 Å². The molecule has 0 fully saturated rings. The molecule has 0 unspecified atom stereocenters. The fourth-order valence-electron chi connectivity index (χ4n) is 3.19. The van der Waals surface area contributed by atoms with Gasteiger partial charge in [-0.15, -0.1) is 0 Å². The van der Waals surface area contributed by atoms with E-state index < -0.39 is 10.0 Å². The minimum Gasteiger partial charge on any atom is -0.434 e. The zero-order valence-electron chi connectivity index (χ0n) is 15.2. The zero-order chi connectivity index (χ0) is 20.2. The number of fused-ring (bicyclic) bond motifs is 3. The first-order valence-electron chi connectivity index (χ1n) is 8.80. The standard InChI is InChI=1S/C21H14ClN3O3S/c1-13-6-9-15(10-7-13)29(26,27)25-18-12-14(22)8-11-19(18)28-21-20(25)23-16-4-2-3-5-17(16)24-21/h2-12H,1H3. The second-order valence-corrected chi connectivity index (χ2v) is 8.86. The van der Waals surface area contributed by atoms with Crippen molar-refractivity contribution in [2.75, 3.05) is 4.31 Å². The van der Waals surface area contributed by atoms with E-state index in [4.69, 9.17) is 16.3 Å². The van der Waals surface area contributed by atoms with E-state index in [0.717, 1.165) is 9.87 Å². The molecule has 29 heavy (non-hydrogen) atoms. The quantitative estimate of drug-likeness (QED) is 0.441. The second-order valence-electron chi connectivity index (χ2n) is 6.64. The third-order valence-corrected chi connectivity index (χ3v) is 6.57. The molecule has 1 aliphatic rings. The molecule has 0 bridgehead atoms. The Morgan fingerprint density at radius 3 is 2.34 bits per heavy atom. The van der Waals surface area contributed by atoms with Crippen molar-refractivity contribution < 1.29 is 13.2 Å². The summed E-state index contributed by atoms with van der Waals surface area (Å²) in [5.74, 6) is 0.551. The normalized spacial score (nSPS) is 13.0. The van der Waals surface area contributed by atoms with Crippen molar-refractivity contribution in [3.63, 3.8) is 0 Å². The summed E-state index contributed by atoms with van der Waals surface area (Å²) in [7, 11) is -4.00. The summed E-state index contributed by atoms with van der Waals surface area (Å²) in [6.45, 7) is 1.90. The Balaban J connectivity index is 1.81. The number of hydrogen-bond donors (Lipinski definition) is 0. The Hall–Kier alpha value is -3.16. The topological polar surface area (TPSA) is 72.4 Å². The van der Waals surface area contributed by atoms with Crippen LogP contribution in [0.2, 0.25) is 5.02 Å². The van der Waals surface area contributed by atoms with E-state index in [9.17, 15) is 8.42 Å². The number of benzene rings is 3. The highest BCUT2D eigenvalue weighted by Crippen LogP contribution is 2.48. The molecular weight excluding hydrogens is 410 g/mol. The highest BCUT2D eigenvalue weighted by molar-refractivity contribution is 7.93. The first-order valence-corrected chi connectivity index (χ1v) is 10.6. The highest BCUT2D eigenvalue weighted by Gasteiger charge is 2.37. The van der Waals surface area contributed by atoms with Gasteiger partial charge in [0.15, 0.2) is 5.75 Å². The van der Waals surface area contributed by atoms with Crippen LogP contribution < -0.4 is 9.04 Å². The van der Waals surface area contributed by atoms with Crippen LogP contribution in [0.25, 0.3) is 11.0 Å². The van der Waals surface area contributed by atoms with Crippen molar-refractivity contribution in [1.82, 2.24) is 9.97 Å². The first kappa shape index (κ1) is 17.9. The number of aryl methyl sites for hydroxylation is 1. The van der Waals surface area contributed by atoms with Crippen LogP contribution in [0.1, 0.15) is 5.56 Å². The Bertz CT molecular complexity index is 1370. The van der Waals surface area contributed by atoms with Crippen molar-refractivity contribution >= 4 is 44.2 Å². The third-order valence-electron chi connectivity index (χ3n) is 4.62. The highest BCUT2D eigenvalue weighted by atomic mass is 35.5. The average molecular weight is 424 g/mol. The van der Waals surface area contributed by atoms with Crippen molar-refractivity contribution in [3.8, 4) is 11.6 Å². The average Bonchev–Trinajstić information content (AvgIpc) is 2.71. The lowest BCUT2D eigenvalue weighted by Gasteiger charge is -2.30. The number of nitrogens with zero attached hydrogens (tertiary/aromatic N) is 3. The number of ether oxygens (including phenoxy) is 1. The van der Waals surface area contributed by atoms with Crippen LogP contribution in [-0.2, 0) is 10.0 Å². The van der Waals surface area contributed by atoms with E-state index in [1.807, 2.05) is 19.1 Å². The number of rotatable bonds is 2. The van der Waals surface area contributed by atoms with Gasteiger partial charge in [-0.25, -0.2) is 22.7 Å². The van der Waals surface area contributed by atoms with Gasteiger partial charge >= 0.3 is 0 Å². The van der Waals surface area contributed by atoms with Crippen LogP contribution in [0.5, 0.6) is 11.6 Å². The van der Waals surface area contributed by atoms with Gasteiger partial charge in [-0.05, 0) is 49.4 Å². The van der Waals surface area contributed by atoms with E-state index in [1.165, 1.54) is 0 Å². The summed E-state index contributed by atoms with van der Waals surface area (Å²) in [4.78, 5) is 9.17. The maximum atomic E-state index is 13.6. The van der Waals surface area contributed by atoms with Crippen LogP contribution in [0.15, 0.2) is 71.6 Å². The van der Waals surface area contributed by atoms with Crippen LogP contribution >= 0.6 is 11.6 Å². The maximum Gasteiger partial charge on any atom is 0.270 e. The number of halogens is 1. The summed E-state index contributed by atoms with van der Waals surface area (Å²) in [5, 5.41) is 0.383. The van der Waals surface area contributed by atoms with Crippen LogP contribution in [0, 0.1) is 6.92 Å². The summed E-state index contributed by atoms with van der Waals surface area (Å²) >= 11 is 6.17. The van der Waals surface area contributed by atoms with Gasteiger partial charge in [0, 0.05) is 5.02 Å². The molecule has 0 spiro atoms. The van der Waals surface area contributed by atoms with Gasteiger partial charge in [-0.1, -0.05) is 41.4 Å². The lowest BCUT2D eigenvalue weighted by molar-refractivity contribution is 0.457. The number of aromatic nitrogens is 2. The Kier molecular flexibility index (Phi) is 3.97. The molecule has 0 N–H and O–H groups in total. The third kappa shape index (κ3) is 2.90. The number of hydrogen-bond acceptors (Lipinski definition) is 5. The summed E-state index contributed by atoms with van der Waals surface area (Å²) in [5.41, 5.74) is 2.41. The summed E-state index contributed by atoms with van der Waals surface area (Å²) in [6, 6.07) is 18.6. The minimum absolute atomic E-state index is 0.0963. The molecule has 1 aliphatic heterocycles. The van der Waals surface area contributed by atoms with Gasteiger partial charge in [0.05, 0.1) is 15.9 Å². The smallest absolute Gasteiger partial charge is 0.270 e. The SMILES string of the molecule is Cc1ccc(S(=O)(=O)N2c3cc(Cl)ccc3Oc3nc4ccccc4nc32)cc1. The van der Waals surface area contributed by atoms with Gasteiger partial charge in [0.2, 0.25) is 5.82 Å². The molecular formula is C21H14ClN3O3S.